The van der Waals surface area contributed by atoms with Gasteiger partial charge in [-0.05, 0) is 29.3 Å². The number of nitriles is 1. The molecule has 2 aromatic carbocycles. The zero-order valence-corrected chi connectivity index (χ0v) is 17.5. The van der Waals surface area contributed by atoms with Gasteiger partial charge in [-0.1, -0.05) is 35.6 Å². The summed E-state index contributed by atoms with van der Waals surface area (Å²) in [6.45, 7) is 1.22. The van der Waals surface area contributed by atoms with Crippen LogP contribution in [0.5, 0.6) is 0 Å². The number of halogens is 2. The zero-order chi connectivity index (χ0) is 22.7. The van der Waals surface area contributed by atoms with Crippen molar-refractivity contribution in [1.82, 2.24) is 15.2 Å². The lowest BCUT2D eigenvalue weighted by Gasteiger charge is -2.17. The molecule has 3 amide bonds. The van der Waals surface area contributed by atoms with E-state index in [1.165, 1.54) is 17.2 Å². The van der Waals surface area contributed by atoms with E-state index in [0.29, 0.717) is 40.8 Å². The minimum absolute atomic E-state index is 0.0258. The Morgan fingerprint density at radius 2 is 2.00 bits per heavy atom. The van der Waals surface area contributed by atoms with E-state index in [0.717, 1.165) is 29.0 Å². The minimum Gasteiger partial charge on any atom is -0.347 e. The predicted octanol–water partition coefficient (Wildman–Crippen LogP) is 3.67. The molecule has 3 aromatic rings. The number of thiazole rings is 1. The number of hydrogen-bond donors (Lipinski definition) is 1. The van der Waals surface area contributed by atoms with Crippen LogP contribution in [-0.4, -0.2) is 34.9 Å². The van der Waals surface area contributed by atoms with Crippen molar-refractivity contribution in [2.75, 3.05) is 18.0 Å². The number of anilines is 1. The molecule has 0 unspecified atom stereocenters. The van der Waals surface area contributed by atoms with Gasteiger partial charge in [0.2, 0.25) is 0 Å². The van der Waals surface area contributed by atoms with Crippen LogP contribution >= 0.6 is 11.3 Å². The molecule has 10 heteroatoms. The van der Waals surface area contributed by atoms with Gasteiger partial charge < -0.3 is 10.2 Å². The van der Waals surface area contributed by atoms with E-state index in [1.807, 2.05) is 12.1 Å². The Hall–Kier alpha value is -3.84. The van der Waals surface area contributed by atoms with Gasteiger partial charge in [0, 0.05) is 26.2 Å². The molecule has 1 aliphatic heterocycles. The zero-order valence-electron chi connectivity index (χ0n) is 16.7. The van der Waals surface area contributed by atoms with Crippen LogP contribution in [0.25, 0.3) is 0 Å². The fourth-order valence-corrected chi connectivity index (χ4v) is 4.15. The van der Waals surface area contributed by atoms with Gasteiger partial charge in [-0.25, -0.2) is 18.6 Å². The minimum atomic E-state index is -0.980. The molecule has 1 fully saturated rings. The Kier molecular flexibility index (Phi) is 6.09. The second kappa shape index (κ2) is 9.11. The van der Waals surface area contributed by atoms with Crippen LogP contribution in [0, 0.1) is 23.0 Å². The van der Waals surface area contributed by atoms with Gasteiger partial charge in [0.05, 0.1) is 17.8 Å². The van der Waals surface area contributed by atoms with Crippen LogP contribution in [0.4, 0.5) is 18.7 Å². The third kappa shape index (κ3) is 4.43. The average molecular weight is 453 g/mol. The van der Waals surface area contributed by atoms with Crippen molar-refractivity contribution in [3.05, 3.63) is 81.9 Å². The SMILES string of the molecule is N#Cc1ccccc1CN1CCN(c2ncc(C(=O)NCc3ccc(F)c(F)c3)s2)C1=O. The summed E-state index contributed by atoms with van der Waals surface area (Å²) in [4.78, 5) is 32.8. The number of carbonyl (C=O) groups excluding carboxylic acids is 2. The molecule has 0 spiro atoms. The van der Waals surface area contributed by atoms with E-state index in [2.05, 4.69) is 16.4 Å². The van der Waals surface area contributed by atoms with Gasteiger partial charge in [0.15, 0.2) is 16.8 Å². The van der Waals surface area contributed by atoms with Gasteiger partial charge >= 0.3 is 6.03 Å². The highest BCUT2D eigenvalue weighted by molar-refractivity contribution is 7.17. The number of urea groups is 1. The Morgan fingerprint density at radius 1 is 1.19 bits per heavy atom. The molecule has 7 nitrogen and oxygen atoms in total. The number of amides is 3. The van der Waals surface area contributed by atoms with E-state index >= 15 is 0 Å². The molecule has 32 heavy (non-hydrogen) atoms. The molecule has 4 rings (SSSR count). The maximum absolute atomic E-state index is 13.3. The van der Waals surface area contributed by atoms with Gasteiger partial charge in [-0.15, -0.1) is 0 Å². The topological polar surface area (TPSA) is 89.3 Å². The maximum Gasteiger partial charge on any atom is 0.326 e. The first-order valence-corrected chi connectivity index (χ1v) is 10.5. The molecule has 1 saturated heterocycles. The Bertz CT molecular complexity index is 1220. The van der Waals surface area contributed by atoms with Crippen molar-refractivity contribution in [3.8, 4) is 6.07 Å². The molecular weight excluding hydrogens is 436 g/mol. The number of carbonyl (C=O) groups is 2. The van der Waals surface area contributed by atoms with Crippen molar-refractivity contribution in [1.29, 1.82) is 5.26 Å². The molecular formula is C22H17F2N5O2S. The first-order valence-electron chi connectivity index (χ1n) is 9.68. The third-order valence-electron chi connectivity index (χ3n) is 4.98. The van der Waals surface area contributed by atoms with E-state index < -0.39 is 17.5 Å². The van der Waals surface area contributed by atoms with E-state index in [-0.39, 0.29) is 12.6 Å². The van der Waals surface area contributed by atoms with Crippen molar-refractivity contribution in [3.63, 3.8) is 0 Å². The van der Waals surface area contributed by atoms with Crippen LogP contribution in [-0.2, 0) is 13.1 Å². The Morgan fingerprint density at radius 3 is 2.78 bits per heavy atom. The molecule has 0 bridgehead atoms. The smallest absolute Gasteiger partial charge is 0.326 e. The highest BCUT2D eigenvalue weighted by Gasteiger charge is 2.32. The number of aromatic nitrogens is 1. The summed E-state index contributed by atoms with van der Waals surface area (Å²) in [6, 6.07) is 12.4. The van der Waals surface area contributed by atoms with Crippen LogP contribution in [0.2, 0.25) is 0 Å². The summed E-state index contributed by atoms with van der Waals surface area (Å²) in [6.07, 6.45) is 1.38. The average Bonchev–Trinajstić information content (AvgIpc) is 3.42. The molecule has 0 saturated carbocycles. The number of rotatable bonds is 6. The normalized spacial score (nSPS) is 13.3. The number of nitrogens with zero attached hydrogens (tertiary/aromatic N) is 4. The van der Waals surface area contributed by atoms with E-state index in [9.17, 15) is 23.6 Å². The quantitative estimate of drug-likeness (QED) is 0.617. The second-order valence-electron chi connectivity index (χ2n) is 7.06. The lowest BCUT2D eigenvalue weighted by atomic mass is 10.1. The summed E-state index contributed by atoms with van der Waals surface area (Å²) in [5.41, 5.74) is 1.71. The summed E-state index contributed by atoms with van der Waals surface area (Å²) in [7, 11) is 0. The molecule has 2 heterocycles. The van der Waals surface area contributed by atoms with Crippen LogP contribution in [0.3, 0.4) is 0 Å². The van der Waals surface area contributed by atoms with Gasteiger partial charge in [-0.3, -0.25) is 9.69 Å². The number of nitrogens with one attached hydrogen (secondary N) is 1. The molecule has 0 radical (unpaired) electrons. The number of benzene rings is 2. The highest BCUT2D eigenvalue weighted by Crippen LogP contribution is 2.27. The summed E-state index contributed by atoms with van der Waals surface area (Å²) >= 11 is 1.07. The fourth-order valence-electron chi connectivity index (χ4n) is 3.29. The third-order valence-corrected chi connectivity index (χ3v) is 6.00. The lowest BCUT2D eigenvalue weighted by Crippen LogP contribution is -2.31. The first kappa shape index (κ1) is 21.4. The van der Waals surface area contributed by atoms with E-state index in [4.69, 9.17) is 0 Å². The summed E-state index contributed by atoms with van der Waals surface area (Å²) < 4.78 is 26.3. The first-order chi connectivity index (χ1) is 15.5. The van der Waals surface area contributed by atoms with Crippen molar-refractivity contribution in [2.45, 2.75) is 13.1 Å². The van der Waals surface area contributed by atoms with Crippen LogP contribution < -0.4 is 10.2 Å². The molecule has 1 aromatic heterocycles. The molecule has 0 aliphatic carbocycles. The summed E-state index contributed by atoms with van der Waals surface area (Å²) in [5.74, 6) is -2.36. The summed E-state index contributed by atoms with van der Waals surface area (Å²) in [5, 5.41) is 12.3. The van der Waals surface area contributed by atoms with E-state index in [1.54, 1.807) is 17.0 Å². The van der Waals surface area contributed by atoms with Gasteiger partial charge in [0.1, 0.15) is 4.88 Å². The maximum atomic E-state index is 13.3. The number of hydrogen-bond acceptors (Lipinski definition) is 5. The predicted molar refractivity (Wildman–Crippen MR) is 114 cm³/mol. The van der Waals surface area contributed by atoms with Crippen molar-refractivity contribution >= 4 is 28.4 Å². The monoisotopic (exact) mass is 453 g/mol. The highest BCUT2D eigenvalue weighted by atomic mass is 32.1. The Labute approximate surface area is 186 Å². The molecule has 0 atom stereocenters. The Balaban J connectivity index is 1.38. The standard InChI is InChI=1S/C22H17F2N5O2S/c23-17-6-5-14(9-18(17)24)11-26-20(30)19-12-27-21(32-19)29-8-7-28(22(29)31)13-16-4-2-1-3-15(16)10-25/h1-6,9,12H,7-8,11,13H2,(H,26,30). The van der Waals surface area contributed by atoms with Gasteiger partial charge in [-0.2, -0.15) is 5.26 Å². The molecule has 162 valence electrons. The largest absolute Gasteiger partial charge is 0.347 e. The van der Waals surface area contributed by atoms with Crippen LogP contribution in [0.15, 0.2) is 48.7 Å². The van der Waals surface area contributed by atoms with Crippen molar-refractivity contribution in [2.24, 2.45) is 0 Å². The molecule has 1 N–H and O–H groups in total. The molecule has 1 aliphatic rings. The van der Waals surface area contributed by atoms with Gasteiger partial charge in [0.25, 0.3) is 5.91 Å². The lowest BCUT2D eigenvalue weighted by molar-refractivity contribution is 0.0954. The fraction of sp³-hybridized carbons (Fsp3) is 0.182. The second-order valence-corrected chi connectivity index (χ2v) is 8.07. The van der Waals surface area contributed by atoms with Crippen molar-refractivity contribution < 1.29 is 18.4 Å². The van der Waals surface area contributed by atoms with Crippen LogP contribution in [0.1, 0.15) is 26.4 Å².